The second-order valence-electron chi connectivity index (χ2n) is 6.95. The molecular weight excluding hydrogens is 385 g/mol. The molecule has 0 radical (unpaired) electrons. The number of benzene rings is 1. The van der Waals surface area contributed by atoms with Crippen LogP contribution in [0.2, 0.25) is 0 Å². The van der Waals surface area contributed by atoms with E-state index in [1.807, 2.05) is 6.07 Å². The first-order chi connectivity index (χ1) is 13.8. The molecule has 0 saturated carbocycles. The molecule has 3 rings (SSSR count). The van der Waals surface area contributed by atoms with Crippen molar-refractivity contribution in [3.63, 3.8) is 0 Å². The van der Waals surface area contributed by atoms with Crippen molar-refractivity contribution in [2.24, 2.45) is 0 Å². The van der Waals surface area contributed by atoms with E-state index >= 15 is 0 Å². The minimum absolute atomic E-state index is 0.168. The van der Waals surface area contributed by atoms with Gasteiger partial charge in [-0.3, -0.25) is 4.79 Å². The summed E-state index contributed by atoms with van der Waals surface area (Å²) in [5.41, 5.74) is 1.53. The number of anilines is 2. The Balaban J connectivity index is 1.52. The minimum atomic E-state index is -4.35. The molecule has 1 N–H and O–H groups in total. The van der Waals surface area contributed by atoms with Crippen LogP contribution >= 0.6 is 0 Å². The number of nitrogens with zero attached hydrogens (tertiary/aromatic N) is 3. The molecule has 6 nitrogen and oxygen atoms in total. The fourth-order valence-corrected chi connectivity index (χ4v) is 2.92. The Kier molecular flexibility index (Phi) is 6.71. The Morgan fingerprint density at radius 2 is 1.79 bits per heavy atom. The number of hydrogen-bond donors (Lipinski definition) is 1. The summed E-state index contributed by atoms with van der Waals surface area (Å²) in [6, 6.07) is 9.92. The molecule has 0 unspecified atom stereocenters. The largest absolute Gasteiger partial charge is 0.411 e. The zero-order chi connectivity index (χ0) is 20.9. The van der Waals surface area contributed by atoms with E-state index in [4.69, 9.17) is 0 Å². The van der Waals surface area contributed by atoms with Crippen LogP contribution in [0.1, 0.15) is 15.9 Å². The van der Waals surface area contributed by atoms with Crippen molar-refractivity contribution < 1.29 is 22.7 Å². The quantitative estimate of drug-likeness (QED) is 0.796. The van der Waals surface area contributed by atoms with Gasteiger partial charge in [-0.15, -0.1) is 0 Å². The van der Waals surface area contributed by atoms with E-state index in [1.54, 1.807) is 36.5 Å². The summed E-state index contributed by atoms with van der Waals surface area (Å²) < 4.78 is 40.9. The highest BCUT2D eigenvalue weighted by molar-refractivity contribution is 6.04. The first-order valence-electron chi connectivity index (χ1n) is 9.24. The van der Waals surface area contributed by atoms with E-state index < -0.39 is 12.8 Å². The van der Waals surface area contributed by atoms with Gasteiger partial charge in [-0.2, -0.15) is 13.2 Å². The van der Waals surface area contributed by atoms with Gasteiger partial charge in [0.2, 0.25) is 0 Å². The third-order valence-electron chi connectivity index (χ3n) is 4.58. The lowest BCUT2D eigenvalue weighted by molar-refractivity contribution is -0.176. The predicted molar refractivity (Wildman–Crippen MR) is 104 cm³/mol. The van der Waals surface area contributed by atoms with Gasteiger partial charge in [-0.05, 0) is 36.9 Å². The number of alkyl halides is 3. The second kappa shape index (κ2) is 9.23. The summed E-state index contributed by atoms with van der Waals surface area (Å²) in [5.74, 6) is 0.557. The van der Waals surface area contributed by atoms with E-state index in [1.165, 1.54) is 0 Å². The number of aromatic nitrogens is 1. The fourth-order valence-electron chi connectivity index (χ4n) is 2.92. The van der Waals surface area contributed by atoms with E-state index in [0.29, 0.717) is 16.8 Å². The summed E-state index contributed by atoms with van der Waals surface area (Å²) in [5, 5.41) is 2.77. The fraction of sp³-hybridized carbons (Fsp3) is 0.400. The van der Waals surface area contributed by atoms with Crippen LogP contribution < -0.4 is 10.2 Å². The molecule has 29 heavy (non-hydrogen) atoms. The first kappa shape index (κ1) is 21.1. The molecule has 1 aromatic carbocycles. The van der Waals surface area contributed by atoms with Gasteiger partial charge in [0.25, 0.3) is 5.91 Å². The lowest BCUT2D eigenvalue weighted by Crippen LogP contribution is -2.44. The predicted octanol–water partition coefficient (Wildman–Crippen LogP) is 3.16. The Bertz CT molecular complexity index is 802. The van der Waals surface area contributed by atoms with E-state index in [-0.39, 0.29) is 12.5 Å². The Morgan fingerprint density at radius 1 is 1.10 bits per heavy atom. The van der Waals surface area contributed by atoms with Crippen LogP contribution in [0.4, 0.5) is 24.7 Å². The van der Waals surface area contributed by atoms with Crippen LogP contribution in [0.5, 0.6) is 0 Å². The highest BCUT2D eigenvalue weighted by Gasteiger charge is 2.27. The van der Waals surface area contributed by atoms with Crippen molar-refractivity contribution in [1.82, 2.24) is 9.88 Å². The summed E-state index contributed by atoms with van der Waals surface area (Å²) in [6.45, 7) is 2.32. The SMILES string of the molecule is CN1CCN(c2ccc(NC(=O)c3ccc(COCC(F)(F)F)cc3)cn2)CC1. The van der Waals surface area contributed by atoms with Crippen LogP contribution in [-0.4, -0.2) is 61.8 Å². The van der Waals surface area contributed by atoms with E-state index in [2.05, 4.69) is 31.9 Å². The number of nitrogens with one attached hydrogen (secondary N) is 1. The monoisotopic (exact) mass is 408 g/mol. The lowest BCUT2D eigenvalue weighted by atomic mass is 10.1. The number of halogens is 3. The van der Waals surface area contributed by atoms with Crippen LogP contribution in [0.3, 0.4) is 0 Å². The molecule has 0 aliphatic carbocycles. The van der Waals surface area contributed by atoms with Gasteiger partial charge in [0.15, 0.2) is 0 Å². The summed E-state index contributed by atoms with van der Waals surface area (Å²) in [6.07, 6.45) is -2.74. The Labute approximate surface area is 167 Å². The highest BCUT2D eigenvalue weighted by Crippen LogP contribution is 2.18. The van der Waals surface area contributed by atoms with Gasteiger partial charge >= 0.3 is 6.18 Å². The first-order valence-corrected chi connectivity index (χ1v) is 9.24. The van der Waals surface area contributed by atoms with Crippen molar-refractivity contribution in [2.75, 3.05) is 50.1 Å². The molecule has 0 atom stereocenters. The maximum atomic E-state index is 12.4. The number of carbonyl (C=O) groups is 1. The standard InChI is InChI=1S/C20H23F3N4O2/c1-26-8-10-27(11-9-26)18-7-6-17(12-24-18)25-19(28)16-4-2-15(3-5-16)13-29-14-20(21,22)23/h2-7,12H,8-11,13-14H2,1H3,(H,25,28). The van der Waals surface area contributed by atoms with Gasteiger partial charge in [0.05, 0.1) is 18.5 Å². The normalized spacial score (nSPS) is 15.4. The van der Waals surface area contributed by atoms with Crippen LogP contribution in [0.25, 0.3) is 0 Å². The molecule has 0 spiro atoms. The number of hydrogen-bond acceptors (Lipinski definition) is 5. The minimum Gasteiger partial charge on any atom is -0.367 e. The average molecular weight is 408 g/mol. The van der Waals surface area contributed by atoms with E-state index in [9.17, 15) is 18.0 Å². The maximum absolute atomic E-state index is 12.4. The van der Waals surface area contributed by atoms with Crippen molar-refractivity contribution in [2.45, 2.75) is 12.8 Å². The van der Waals surface area contributed by atoms with Gasteiger partial charge in [0, 0.05) is 31.7 Å². The molecule has 9 heteroatoms. The van der Waals surface area contributed by atoms with Crippen molar-refractivity contribution in [3.05, 3.63) is 53.7 Å². The van der Waals surface area contributed by atoms with Crippen molar-refractivity contribution in [3.8, 4) is 0 Å². The molecule has 1 saturated heterocycles. The average Bonchev–Trinajstić information content (AvgIpc) is 2.69. The number of amides is 1. The van der Waals surface area contributed by atoms with E-state index in [0.717, 1.165) is 32.0 Å². The molecule has 1 fully saturated rings. The highest BCUT2D eigenvalue weighted by atomic mass is 19.4. The molecular formula is C20H23F3N4O2. The lowest BCUT2D eigenvalue weighted by Gasteiger charge is -2.33. The third kappa shape index (κ3) is 6.43. The number of ether oxygens (including phenoxy) is 1. The number of rotatable bonds is 6. The van der Waals surface area contributed by atoms with Crippen LogP contribution in [0, 0.1) is 0 Å². The molecule has 156 valence electrons. The zero-order valence-corrected chi connectivity index (χ0v) is 16.1. The third-order valence-corrected chi connectivity index (χ3v) is 4.58. The second-order valence-corrected chi connectivity index (χ2v) is 6.95. The molecule has 2 heterocycles. The molecule has 1 amide bonds. The van der Waals surface area contributed by atoms with Gasteiger partial charge in [0.1, 0.15) is 12.4 Å². The molecule has 1 aromatic heterocycles. The molecule has 1 aliphatic rings. The maximum Gasteiger partial charge on any atom is 0.411 e. The van der Waals surface area contributed by atoms with Crippen LogP contribution in [0.15, 0.2) is 42.6 Å². The number of piperazine rings is 1. The van der Waals surface area contributed by atoms with Crippen molar-refractivity contribution >= 4 is 17.4 Å². The van der Waals surface area contributed by atoms with Gasteiger partial charge in [-0.25, -0.2) is 4.98 Å². The summed E-state index contributed by atoms with van der Waals surface area (Å²) in [4.78, 5) is 21.2. The molecule has 1 aliphatic heterocycles. The Morgan fingerprint density at radius 3 is 2.38 bits per heavy atom. The summed E-state index contributed by atoms with van der Waals surface area (Å²) in [7, 11) is 2.09. The number of pyridine rings is 1. The number of carbonyl (C=O) groups excluding carboxylic acids is 1. The topological polar surface area (TPSA) is 57.7 Å². The number of likely N-dealkylation sites (N-methyl/N-ethyl adjacent to an activating group) is 1. The molecule has 0 bridgehead atoms. The zero-order valence-electron chi connectivity index (χ0n) is 16.1. The molecule has 2 aromatic rings. The van der Waals surface area contributed by atoms with Gasteiger partial charge < -0.3 is 19.9 Å². The van der Waals surface area contributed by atoms with Gasteiger partial charge in [-0.1, -0.05) is 12.1 Å². The summed E-state index contributed by atoms with van der Waals surface area (Å²) >= 11 is 0. The smallest absolute Gasteiger partial charge is 0.367 e. The van der Waals surface area contributed by atoms with Crippen molar-refractivity contribution in [1.29, 1.82) is 0 Å². The van der Waals surface area contributed by atoms with Crippen LogP contribution in [-0.2, 0) is 11.3 Å². The Hall–Kier alpha value is -2.65.